The minimum atomic E-state index is 0.0101. The van der Waals surface area contributed by atoms with Crippen LogP contribution in [0.1, 0.15) is 25.3 Å². The lowest BCUT2D eigenvalue weighted by Gasteiger charge is -2.23. The summed E-state index contributed by atoms with van der Waals surface area (Å²) in [6.45, 7) is 6.89. The van der Waals surface area contributed by atoms with Crippen LogP contribution in [0.4, 0.5) is 0 Å². The Morgan fingerprint density at radius 2 is 2.23 bits per heavy atom. The quantitative estimate of drug-likeness (QED) is 0.853. The van der Waals surface area contributed by atoms with Crippen LogP contribution in [0.25, 0.3) is 0 Å². The number of hydrogen-bond acceptors (Lipinski definition) is 5. The third kappa shape index (κ3) is 2.69. The second-order valence-electron chi connectivity index (χ2n) is 6.42. The number of ether oxygens (including phenoxy) is 4. The van der Waals surface area contributed by atoms with Crippen molar-refractivity contribution in [3.63, 3.8) is 0 Å². The second-order valence-corrected chi connectivity index (χ2v) is 6.42. The SMILES string of the molecule is CCO[C@@H]1CO[C@@]2(CCN(Cc3ccc4c(c3)OCO4)C2)C1. The molecule has 3 aliphatic heterocycles. The van der Waals surface area contributed by atoms with Crippen LogP contribution in [0.15, 0.2) is 18.2 Å². The van der Waals surface area contributed by atoms with Crippen molar-refractivity contribution in [2.24, 2.45) is 0 Å². The van der Waals surface area contributed by atoms with Crippen LogP contribution in [0.2, 0.25) is 0 Å². The Morgan fingerprint density at radius 3 is 3.14 bits per heavy atom. The number of benzene rings is 1. The molecule has 22 heavy (non-hydrogen) atoms. The van der Waals surface area contributed by atoms with Gasteiger partial charge in [0.05, 0.1) is 18.3 Å². The summed E-state index contributed by atoms with van der Waals surface area (Å²) in [4.78, 5) is 2.46. The predicted octanol–water partition coefficient (Wildman–Crippen LogP) is 2.19. The van der Waals surface area contributed by atoms with E-state index >= 15 is 0 Å². The molecule has 0 saturated carbocycles. The first kappa shape index (κ1) is 14.3. The highest BCUT2D eigenvalue weighted by Gasteiger charge is 2.45. The molecule has 0 unspecified atom stereocenters. The van der Waals surface area contributed by atoms with Gasteiger partial charge in [-0.3, -0.25) is 4.90 Å². The van der Waals surface area contributed by atoms with E-state index in [1.807, 2.05) is 13.0 Å². The van der Waals surface area contributed by atoms with Gasteiger partial charge < -0.3 is 18.9 Å². The van der Waals surface area contributed by atoms with Crippen molar-refractivity contribution >= 4 is 0 Å². The molecule has 2 saturated heterocycles. The summed E-state index contributed by atoms with van der Waals surface area (Å²) in [5.74, 6) is 1.71. The molecule has 5 nitrogen and oxygen atoms in total. The zero-order valence-electron chi connectivity index (χ0n) is 13.0. The van der Waals surface area contributed by atoms with Crippen LogP contribution in [0.5, 0.6) is 11.5 Å². The van der Waals surface area contributed by atoms with E-state index in [0.29, 0.717) is 6.79 Å². The van der Waals surface area contributed by atoms with Gasteiger partial charge in [0, 0.05) is 32.7 Å². The first-order valence-electron chi connectivity index (χ1n) is 8.13. The Hall–Kier alpha value is -1.30. The maximum Gasteiger partial charge on any atom is 0.231 e. The van der Waals surface area contributed by atoms with Gasteiger partial charge in [0.25, 0.3) is 0 Å². The van der Waals surface area contributed by atoms with Gasteiger partial charge in [0.1, 0.15) is 0 Å². The molecule has 1 aromatic rings. The Balaban J connectivity index is 1.37. The van der Waals surface area contributed by atoms with E-state index in [4.69, 9.17) is 18.9 Å². The molecule has 1 aromatic carbocycles. The van der Waals surface area contributed by atoms with Crippen molar-refractivity contribution in [1.82, 2.24) is 4.90 Å². The van der Waals surface area contributed by atoms with Crippen LogP contribution < -0.4 is 9.47 Å². The standard InChI is InChI=1S/C17H23NO4/c1-2-19-14-8-17(22-10-14)5-6-18(11-17)9-13-3-4-15-16(7-13)21-12-20-15/h3-4,7,14H,2,5-6,8-12H2,1H3/t14-,17-/m0/s1. The highest BCUT2D eigenvalue weighted by Crippen LogP contribution is 2.37. The Labute approximate surface area is 131 Å². The van der Waals surface area contributed by atoms with Crippen molar-refractivity contribution in [2.45, 2.75) is 38.0 Å². The molecule has 1 spiro atoms. The van der Waals surface area contributed by atoms with Crippen molar-refractivity contribution in [2.75, 3.05) is 33.1 Å². The fraction of sp³-hybridized carbons (Fsp3) is 0.647. The van der Waals surface area contributed by atoms with E-state index in [1.165, 1.54) is 5.56 Å². The molecular formula is C17H23NO4. The molecular weight excluding hydrogens is 282 g/mol. The fourth-order valence-electron chi connectivity index (χ4n) is 3.79. The lowest BCUT2D eigenvalue weighted by Crippen LogP contribution is -2.32. The Bertz CT molecular complexity index is 549. The molecule has 0 aromatic heterocycles. The molecule has 3 heterocycles. The minimum absolute atomic E-state index is 0.0101. The largest absolute Gasteiger partial charge is 0.454 e. The number of nitrogens with zero attached hydrogens (tertiary/aromatic N) is 1. The molecule has 4 rings (SSSR count). The zero-order chi connectivity index (χ0) is 15.0. The first-order valence-corrected chi connectivity index (χ1v) is 8.13. The summed E-state index contributed by atoms with van der Waals surface area (Å²) in [7, 11) is 0. The van der Waals surface area contributed by atoms with Gasteiger partial charge in [-0.25, -0.2) is 0 Å². The summed E-state index contributed by atoms with van der Waals surface area (Å²) >= 11 is 0. The monoisotopic (exact) mass is 305 g/mol. The number of likely N-dealkylation sites (tertiary alicyclic amines) is 1. The molecule has 0 aliphatic carbocycles. The third-order valence-corrected chi connectivity index (χ3v) is 4.82. The van der Waals surface area contributed by atoms with E-state index in [1.54, 1.807) is 0 Å². The zero-order valence-corrected chi connectivity index (χ0v) is 13.0. The van der Waals surface area contributed by atoms with Crippen molar-refractivity contribution < 1.29 is 18.9 Å². The molecule has 2 atom stereocenters. The molecule has 3 aliphatic rings. The lowest BCUT2D eigenvalue weighted by molar-refractivity contribution is 0.00318. The number of rotatable bonds is 4. The maximum absolute atomic E-state index is 6.10. The lowest BCUT2D eigenvalue weighted by atomic mass is 9.98. The van der Waals surface area contributed by atoms with Gasteiger partial charge in [-0.05, 0) is 31.0 Å². The van der Waals surface area contributed by atoms with E-state index < -0.39 is 0 Å². The highest BCUT2D eigenvalue weighted by molar-refractivity contribution is 5.44. The maximum atomic E-state index is 6.10. The molecule has 2 fully saturated rings. The van der Waals surface area contributed by atoms with E-state index in [-0.39, 0.29) is 11.7 Å². The summed E-state index contributed by atoms with van der Waals surface area (Å²) in [5, 5.41) is 0. The van der Waals surface area contributed by atoms with Crippen LogP contribution in [0, 0.1) is 0 Å². The molecule has 0 N–H and O–H groups in total. The van der Waals surface area contributed by atoms with Gasteiger partial charge in [0.15, 0.2) is 11.5 Å². The average molecular weight is 305 g/mol. The van der Waals surface area contributed by atoms with Crippen molar-refractivity contribution in [3.8, 4) is 11.5 Å². The molecule has 120 valence electrons. The first-order chi connectivity index (χ1) is 10.8. The van der Waals surface area contributed by atoms with Crippen LogP contribution >= 0.6 is 0 Å². The topological polar surface area (TPSA) is 40.2 Å². The summed E-state index contributed by atoms with van der Waals surface area (Å²) in [5.41, 5.74) is 1.27. The molecule has 0 radical (unpaired) electrons. The molecule has 0 bridgehead atoms. The van der Waals surface area contributed by atoms with Gasteiger partial charge in [-0.1, -0.05) is 6.07 Å². The normalized spacial score (nSPS) is 30.5. The van der Waals surface area contributed by atoms with Gasteiger partial charge >= 0.3 is 0 Å². The Kier molecular flexibility index (Phi) is 3.72. The van der Waals surface area contributed by atoms with Crippen LogP contribution in [0.3, 0.4) is 0 Å². The van der Waals surface area contributed by atoms with E-state index in [0.717, 1.165) is 57.2 Å². The van der Waals surface area contributed by atoms with Crippen molar-refractivity contribution in [3.05, 3.63) is 23.8 Å². The molecule has 5 heteroatoms. The third-order valence-electron chi connectivity index (χ3n) is 4.82. The smallest absolute Gasteiger partial charge is 0.231 e. The van der Waals surface area contributed by atoms with E-state index in [2.05, 4.69) is 17.0 Å². The second kappa shape index (κ2) is 5.72. The highest BCUT2D eigenvalue weighted by atomic mass is 16.7. The minimum Gasteiger partial charge on any atom is -0.454 e. The van der Waals surface area contributed by atoms with Gasteiger partial charge in [-0.2, -0.15) is 0 Å². The Morgan fingerprint density at radius 1 is 1.32 bits per heavy atom. The predicted molar refractivity (Wildman–Crippen MR) is 81.2 cm³/mol. The average Bonchev–Trinajstić information content (AvgIpc) is 3.21. The van der Waals surface area contributed by atoms with Crippen molar-refractivity contribution in [1.29, 1.82) is 0 Å². The fourth-order valence-corrected chi connectivity index (χ4v) is 3.79. The summed E-state index contributed by atoms with van der Waals surface area (Å²) in [6.07, 6.45) is 2.40. The number of hydrogen-bond donors (Lipinski definition) is 0. The number of fused-ring (bicyclic) bond motifs is 1. The van der Waals surface area contributed by atoms with Gasteiger partial charge in [0.2, 0.25) is 6.79 Å². The summed E-state index contributed by atoms with van der Waals surface area (Å²) in [6, 6.07) is 6.21. The van der Waals surface area contributed by atoms with Gasteiger partial charge in [-0.15, -0.1) is 0 Å². The molecule has 0 amide bonds. The van der Waals surface area contributed by atoms with E-state index in [9.17, 15) is 0 Å². The van der Waals surface area contributed by atoms with Crippen LogP contribution in [-0.4, -0.2) is 49.7 Å². The van der Waals surface area contributed by atoms with Crippen LogP contribution in [-0.2, 0) is 16.0 Å². The summed E-state index contributed by atoms with van der Waals surface area (Å²) < 4.78 is 22.6.